The van der Waals surface area contributed by atoms with Crippen molar-refractivity contribution in [3.05, 3.63) is 90.4 Å². The van der Waals surface area contributed by atoms with Crippen LogP contribution in [0, 0.1) is 12.7 Å². The monoisotopic (exact) mass is 558 g/mol. The average Bonchev–Trinajstić information content (AvgIpc) is 3.64. The molecular formula is C29H28F2N8O2. The summed E-state index contributed by atoms with van der Waals surface area (Å²) in [4.78, 5) is 29.8. The first-order valence-corrected chi connectivity index (χ1v) is 13.3. The number of likely N-dealkylation sites (tertiary alicyclic amines) is 1. The van der Waals surface area contributed by atoms with Crippen LogP contribution in [0.2, 0.25) is 0 Å². The number of aromatic amines is 1. The van der Waals surface area contributed by atoms with Crippen molar-refractivity contribution in [3.63, 3.8) is 0 Å². The Balaban J connectivity index is 1.17. The Hall–Kier alpha value is -4.87. The van der Waals surface area contributed by atoms with E-state index >= 15 is 4.39 Å². The predicted molar refractivity (Wildman–Crippen MR) is 149 cm³/mol. The third-order valence-corrected chi connectivity index (χ3v) is 7.43. The maximum atomic E-state index is 15.3. The van der Waals surface area contributed by atoms with E-state index in [0.717, 1.165) is 23.8 Å². The summed E-state index contributed by atoms with van der Waals surface area (Å²) in [5, 5.41) is 8.28. The molecule has 0 radical (unpaired) electrons. The van der Waals surface area contributed by atoms with E-state index in [9.17, 15) is 9.18 Å². The molecule has 6 rings (SSSR count). The number of alkyl halides is 1. The van der Waals surface area contributed by atoms with Gasteiger partial charge in [0.05, 0.1) is 28.7 Å². The number of allylic oxidation sites excluding steroid dienone is 4. The van der Waals surface area contributed by atoms with E-state index in [4.69, 9.17) is 4.74 Å². The fourth-order valence-electron chi connectivity index (χ4n) is 5.18. The Bertz CT molecular complexity index is 1680. The van der Waals surface area contributed by atoms with Crippen LogP contribution < -0.4 is 10.1 Å². The Morgan fingerprint density at radius 2 is 2.07 bits per heavy atom. The molecule has 0 spiro atoms. The minimum atomic E-state index is -1.37. The van der Waals surface area contributed by atoms with Gasteiger partial charge in [0.25, 0.3) is 0 Å². The Morgan fingerprint density at radius 1 is 1.24 bits per heavy atom. The number of anilines is 1. The maximum Gasteiger partial charge on any atom is 0.245 e. The van der Waals surface area contributed by atoms with E-state index < -0.39 is 12.0 Å². The molecule has 1 fully saturated rings. The highest BCUT2D eigenvalue weighted by Crippen LogP contribution is 2.36. The van der Waals surface area contributed by atoms with Crippen LogP contribution in [0.1, 0.15) is 36.4 Å². The Morgan fingerprint density at radius 3 is 2.83 bits per heavy atom. The van der Waals surface area contributed by atoms with E-state index in [1.165, 1.54) is 29.3 Å². The van der Waals surface area contributed by atoms with Gasteiger partial charge in [0, 0.05) is 44.0 Å². The van der Waals surface area contributed by atoms with Crippen LogP contribution in [0.3, 0.4) is 0 Å². The summed E-state index contributed by atoms with van der Waals surface area (Å²) < 4.78 is 36.5. The second-order valence-corrected chi connectivity index (χ2v) is 10.0. The number of carbonyl (C=O) groups excluding carboxylic acids is 1. The standard InChI is InChI=1S/C29H28F2N8O2/c1-3-26(40)38-9-6-18(7-10-38)21-15-33-28-27(21)29(35-16-34-28)36-24-5-4-20(13-23(24)31)41-25-8-11-39(37-25)19-12-22(30)17(2)32-14-19/h3-5,8,11-12,14-16,18,23H,1,6-7,9-10,13H2,2H3,(H2,33,34,35,36). The summed E-state index contributed by atoms with van der Waals surface area (Å²) in [7, 11) is 0. The molecule has 12 heteroatoms. The highest BCUT2D eigenvalue weighted by molar-refractivity contribution is 5.91. The lowest BCUT2D eigenvalue weighted by atomic mass is 9.89. The van der Waals surface area contributed by atoms with Crippen molar-refractivity contribution in [3.8, 4) is 11.6 Å². The fraction of sp³-hybridized carbons (Fsp3) is 0.276. The third kappa shape index (κ3) is 5.32. The molecule has 1 saturated heterocycles. The molecule has 1 unspecified atom stereocenters. The molecule has 1 aliphatic carbocycles. The molecule has 0 saturated carbocycles. The number of fused-ring (bicyclic) bond motifs is 1. The zero-order valence-corrected chi connectivity index (χ0v) is 22.3. The maximum absolute atomic E-state index is 15.3. The van der Waals surface area contributed by atoms with Gasteiger partial charge in [0.15, 0.2) is 0 Å². The summed E-state index contributed by atoms with van der Waals surface area (Å²) in [6, 6.07) is 2.95. The molecule has 4 aromatic heterocycles. The number of hydrogen-bond acceptors (Lipinski definition) is 7. The van der Waals surface area contributed by atoms with Gasteiger partial charge in [0.2, 0.25) is 11.8 Å². The van der Waals surface area contributed by atoms with Crippen molar-refractivity contribution in [2.75, 3.05) is 18.4 Å². The Kier molecular flexibility index (Phi) is 7.04. The lowest BCUT2D eigenvalue weighted by Crippen LogP contribution is -2.36. The summed E-state index contributed by atoms with van der Waals surface area (Å²) >= 11 is 0. The van der Waals surface area contributed by atoms with Gasteiger partial charge in [0.1, 0.15) is 35.5 Å². The van der Waals surface area contributed by atoms with Crippen LogP contribution in [-0.4, -0.2) is 59.8 Å². The van der Waals surface area contributed by atoms with Gasteiger partial charge in [-0.3, -0.25) is 9.78 Å². The number of ether oxygens (including phenoxy) is 1. The molecule has 1 aliphatic heterocycles. The average molecular weight is 559 g/mol. The number of hydrogen-bond donors (Lipinski definition) is 2. The van der Waals surface area contributed by atoms with E-state index in [-0.39, 0.29) is 24.1 Å². The van der Waals surface area contributed by atoms with Gasteiger partial charge in [-0.2, -0.15) is 0 Å². The molecule has 1 amide bonds. The SMILES string of the molecule is C=CC(=O)N1CCC(c2c[nH]c3ncnc(NC4=CC=C(Oc5ccn(-c6cnc(C)c(F)c6)n5)CC4F)c23)CC1. The fourth-order valence-corrected chi connectivity index (χ4v) is 5.18. The molecule has 10 nitrogen and oxygen atoms in total. The van der Waals surface area contributed by atoms with Crippen LogP contribution >= 0.6 is 0 Å². The van der Waals surface area contributed by atoms with Crippen LogP contribution in [0.15, 0.2) is 73.3 Å². The second kappa shape index (κ2) is 11.0. The molecular weight excluding hydrogens is 530 g/mol. The van der Waals surface area contributed by atoms with E-state index in [2.05, 4.69) is 36.9 Å². The van der Waals surface area contributed by atoms with Crippen LogP contribution in [0.4, 0.5) is 14.6 Å². The number of nitrogens with one attached hydrogen (secondary N) is 2. The van der Waals surface area contributed by atoms with Crippen LogP contribution in [-0.2, 0) is 4.79 Å². The van der Waals surface area contributed by atoms with Crippen molar-refractivity contribution in [1.29, 1.82) is 0 Å². The van der Waals surface area contributed by atoms with Gasteiger partial charge in [-0.15, -0.1) is 5.10 Å². The largest absolute Gasteiger partial charge is 0.442 e. The normalized spacial score (nSPS) is 17.7. The van der Waals surface area contributed by atoms with Crippen molar-refractivity contribution < 1.29 is 18.3 Å². The number of piperidine rings is 1. The summed E-state index contributed by atoms with van der Waals surface area (Å²) in [5.74, 6) is 0.883. The molecule has 210 valence electrons. The van der Waals surface area contributed by atoms with Crippen molar-refractivity contribution in [2.45, 2.75) is 38.3 Å². The molecule has 0 aromatic carbocycles. The van der Waals surface area contributed by atoms with Gasteiger partial charge in [-0.05, 0) is 49.5 Å². The molecule has 2 aliphatic rings. The number of halogens is 2. The minimum Gasteiger partial charge on any atom is -0.442 e. The quantitative estimate of drug-likeness (QED) is 0.311. The van der Waals surface area contributed by atoms with Crippen molar-refractivity contribution in [2.24, 2.45) is 0 Å². The zero-order chi connectivity index (χ0) is 28.5. The number of pyridine rings is 1. The van der Waals surface area contributed by atoms with Crippen LogP contribution in [0.25, 0.3) is 16.7 Å². The predicted octanol–water partition coefficient (Wildman–Crippen LogP) is 4.88. The smallest absolute Gasteiger partial charge is 0.245 e. The van der Waals surface area contributed by atoms with Crippen molar-refractivity contribution >= 4 is 22.8 Å². The highest BCUT2D eigenvalue weighted by Gasteiger charge is 2.27. The molecule has 41 heavy (non-hydrogen) atoms. The number of carbonyl (C=O) groups is 1. The number of nitrogens with zero attached hydrogens (tertiary/aromatic N) is 6. The summed E-state index contributed by atoms with van der Waals surface area (Å²) in [6.07, 6.45) is 11.4. The van der Waals surface area contributed by atoms with Gasteiger partial charge in [-0.1, -0.05) is 6.58 Å². The van der Waals surface area contributed by atoms with Crippen molar-refractivity contribution in [1.82, 2.24) is 34.6 Å². The summed E-state index contributed by atoms with van der Waals surface area (Å²) in [5.41, 5.74) is 2.80. The first-order chi connectivity index (χ1) is 19.9. The van der Waals surface area contributed by atoms with Gasteiger partial charge >= 0.3 is 0 Å². The second-order valence-electron chi connectivity index (χ2n) is 10.0. The van der Waals surface area contributed by atoms with E-state index in [0.29, 0.717) is 47.4 Å². The highest BCUT2D eigenvalue weighted by atomic mass is 19.1. The van der Waals surface area contributed by atoms with Gasteiger partial charge < -0.3 is 19.9 Å². The van der Waals surface area contributed by atoms with Gasteiger partial charge in [-0.25, -0.2) is 23.4 Å². The Labute approximate surface area is 234 Å². The molecule has 5 heterocycles. The molecule has 1 atom stereocenters. The van der Waals surface area contributed by atoms with E-state index in [1.54, 1.807) is 36.2 Å². The lowest BCUT2D eigenvalue weighted by molar-refractivity contribution is -0.127. The molecule has 0 bridgehead atoms. The number of H-pyrrole nitrogens is 1. The molecule has 4 aromatic rings. The number of aromatic nitrogens is 6. The first-order valence-electron chi connectivity index (χ1n) is 13.3. The number of rotatable bonds is 7. The number of amides is 1. The topological polar surface area (TPSA) is 114 Å². The molecule has 2 N–H and O–H groups in total. The number of aryl methyl sites for hydroxylation is 1. The summed E-state index contributed by atoms with van der Waals surface area (Å²) in [6.45, 7) is 6.44. The van der Waals surface area contributed by atoms with E-state index in [1.807, 2.05) is 6.20 Å². The third-order valence-electron chi connectivity index (χ3n) is 7.43. The first kappa shape index (κ1) is 26.4. The van der Waals surface area contributed by atoms with Crippen LogP contribution in [0.5, 0.6) is 5.88 Å². The lowest BCUT2D eigenvalue weighted by Gasteiger charge is -2.31. The zero-order valence-electron chi connectivity index (χ0n) is 22.3. The minimum absolute atomic E-state index is 0.00355.